The van der Waals surface area contributed by atoms with Gasteiger partial charge >= 0.3 is 0 Å². The number of para-hydroxylation sites is 1. The fraction of sp³-hybridized carbons (Fsp3) is 0.529. The molecule has 1 aromatic heterocycles. The first-order chi connectivity index (χ1) is 11.7. The van der Waals surface area contributed by atoms with E-state index in [1.165, 1.54) is 11.3 Å². The molecular formula is C17H23N3O3S. The van der Waals surface area contributed by atoms with E-state index in [2.05, 4.69) is 9.88 Å². The minimum Gasteiger partial charge on any atom is -0.379 e. The number of likely N-dealkylation sites (tertiary alicyclic amines) is 1. The predicted molar refractivity (Wildman–Crippen MR) is 94.0 cm³/mol. The van der Waals surface area contributed by atoms with Crippen LogP contribution in [-0.2, 0) is 14.3 Å². The highest BCUT2D eigenvalue weighted by molar-refractivity contribution is 7.18. The predicted octanol–water partition coefficient (Wildman–Crippen LogP) is 1.95. The van der Waals surface area contributed by atoms with Gasteiger partial charge in [-0.05, 0) is 25.5 Å². The van der Waals surface area contributed by atoms with Gasteiger partial charge in [0.25, 0.3) is 0 Å². The summed E-state index contributed by atoms with van der Waals surface area (Å²) in [6.07, 6.45) is 1.00. The highest BCUT2D eigenvalue weighted by atomic mass is 32.1. The van der Waals surface area contributed by atoms with Crippen molar-refractivity contribution in [3.05, 3.63) is 29.3 Å². The molecule has 2 atom stereocenters. The van der Waals surface area contributed by atoms with Crippen LogP contribution in [0.25, 0.3) is 10.2 Å². The van der Waals surface area contributed by atoms with E-state index in [0.29, 0.717) is 26.4 Å². The van der Waals surface area contributed by atoms with Crippen LogP contribution in [0.2, 0.25) is 0 Å². The number of amides is 1. The summed E-state index contributed by atoms with van der Waals surface area (Å²) < 4.78 is 12.2. The largest absolute Gasteiger partial charge is 0.379 e. The van der Waals surface area contributed by atoms with Crippen LogP contribution in [0.4, 0.5) is 0 Å². The molecule has 2 unspecified atom stereocenters. The second-order valence-corrected chi connectivity index (χ2v) is 6.86. The lowest BCUT2D eigenvalue weighted by atomic mass is 10.2. The summed E-state index contributed by atoms with van der Waals surface area (Å²) in [4.78, 5) is 18.7. The van der Waals surface area contributed by atoms with E-state index >= 15 is 0 Å². The van der Waals surface area contributed by atoms with Gasteiger partial charge in [0.05, 0.1) is 29.5 Å². The number of thiazole rings is 1. The highest BCUT2D eigenvalue weighted by Crippen LogP contribution is 2.32. The van der Waals surface area contributed by atoms with E-state index in [0.717, 1.165) is 28.2 Å². The Morgan fingerprint density at radius 3 is 3.04 bits per heavy atom. The van der Waals surface area contributed by atoms with Crippen molar-refractivity contribution in [2.45, 2.75) is 25.5 Å². The third kappa shape index (κ3) is 3.92. The standard InChI is InChI=1S/C17H23N3O3S/c1-2-22-9-10-23-12-7-8-20(11-12)15(16(18)21)17-19-13-5-3-4-6-14(13)24-17/h3-6,12,15H,2,7-11H2,1H3,(H2,18,21). The quantitative estimate of drug-likeness (QED) is 0.737. The lowest BCUT2D eigenvalue weighted by Crippen LogP contribution is -2.37. The zero-order chi connectivity index (χ0) is 16.9. The molecule has 1 aromatic carbocycles. The summed E-state index contributed by atoms with van der Waals surface area (Å²) in [7, 11) is 0. The van der Waals surface area contributed by atoms with Gasteiger partial charge in [0.2, 0.25) is 5.91 Å². The minimum absolute atomic E-state index is 0.113. The smallest absolute Gasteiger partial charge is 0.241 e. The number of carbonyl (C=O) groups is 1. The van der Waals surface area contributed by atoms with Gasteiger partial charge in [-0.15, -0.1) is 11.3 Å². The van der Waals surface area contributed by atoms with Gasteiger partial charge in [-0.25, -0.2) is 4.98 Å². The summed E-state index contributed by atoms with van der Waals surface area (Å²) in [5, 5.41) is 0.763. The molecule has 2 N–H and O–H groups in total. The van der Waals surface area contributed by atoms with Crippen molar-refractivity contribution < 1.29 is 14.3 Å². The maximum absolute atomic E-state index is 12.1. The zero-order valence-electron chi connectivity index (χ0n) is 13.8. The molecule has 0 bridgehead atoms. The van der Waals surface area contributed by atoms with Crippen LogP contribution in [0.1, 0.15) is 24.4 Å². The molecule has 0 saturated carbocycles. The van der Waals surface area contributed by atoms with Crippen molar-refractivity contribution >= 4 is 27.5 Å². The number of nitrogens with two attached hydrogens (primary N) is 1. The van der Waals surface area contributed by atoms with Crippen LogP contribution in [0, 0.1) is 0 Å². The molecule has 2 heterocycles. The molecule has 0 aliphatic carbocycles. The Labute approximate surface area is 145 Å². The molecule has 1 amide bonds. The van der Waals surface area contributed by atoms with Crippen LogP contribution >= 0.6 is 11.3 Å². The molecule has 1 aliphatic heterocycles. The van der Waals surface area contributed by atoms with Gasteiger partial charge in [0.1, 0.15) is 11.0 Å². The first-order valence-corrected chi connectivity index (χ1v) is 9.09. The Kier molecular flexibility index (Phi) is 5.78. The number of primary amides is 1. The van der Waals surface area contributed by atoms with Gasteiger partial charge in [0.15, 0.2) is 0 Å². The second-order valence-electron chi connectivity index (χ2n) is 5.80. The third-order valence-electron chi connectivity index (χ3n) is 4.14. The van der Waals surface area contributed by atoms with Crippen molar-refractivity contribution in [3.63, 3.8) is 0 Å². The van der Waals surface area contributed by atoms with Gasteiger partial charge in [-0.3, -0.25) is 9.69 Å². The van der Waals surface area contributed by atoms with E-state index in [-0.39, 0.29) is 12.0 Å². The number of fused-ring (bicyclic) bond motifs is 1. The molecule has 1 aliphatic rings. The molecule has 24 heavy (non-hydrogen) atoms. The molecule has 130 valence electrons. The summed E-state index contributed by atoms with van der Waals surface area (Å²) in [6, 6.07) is 7.41. The molecule has 1 fully saturated rings. The van der Waals surface area contributed by atoms with Crippen LogP contribution in [-0.4, -0.2) is 54.8 Å². The topological polar surface area (TPSA) is 77.7 Å². The molecule has 2 aromatic rings. The van der Waals surface area contributed by atoms with Crippen molar-refractivity contribution in [3.8, 4) is 0 Å². The maximum atomic E-state index is 12.1. The molecule has 6 nitrogen and oxygen atoms in total. The second kappa shape index (κ2) is 8.02. The SMILES string of the molecule is CCOCCOC1CCN(C(C(N)=O)c2nc3ccccc3s2)C1. The summed E-state index contributed by atoms with van der Waals surface area (Å²) >= 11 is 1.53. The Hall–Kier alpha value is -1.54. The van der Waals surface area contributed by atoms with Crippen molar-refractivity contribution in [1.29, 1.82) is 0 Å². The fourth-order valence-corrected chi connectivity index (χ4v) is 4.12. The molecule has 0 radical (unpaired) electrons. The Bertz CT molecular complexity index is 658. The van der Waals surface area contributed by atoms with E-state index in [1.54, 1.807) is 0 Å². The van der Waals surface area contributed by atoms with Crippen LogP contribution < -0.4 is 5.73 Å². The van der Waals surface area contributed by atoms with Gasteiger partial charge in [0, 0.05) is 19.7 Å². The normalized spacial score (nSPS) is 19.8. The number of aromatic nitrogens is 1. The van der Waals surface area contributed by atoms with Crippen molar-refractivity contribution in [2.75, 3.05) is 32.9 Å². The summed E-state index contributed by atoms with van der Waals surface area (Å²) in [5.41, 5.74) is 6.59. The molecule has 3 rings (SSSR count). The third-order valence-corrected chi connectivity index (χ3v) is 5.23. The van der Waals surface area contributed by atoms with Gasteiger partial charge in [-0.1, -0.05) is 12.1 Å². The number of carbonyl (C=O) groups excluding carboxylic acids is 1. The van der Waals surface area contributed by atoms with E-state index in [9.17, 15) is 4.79 Å². The lowest BCUT2D eigenvalue weighted by Gasteiger charge is -2.23. The zero-order valence-corrected chi connectivity index (χ0v) is 14.6. The first kappa shape index (κ1) is 17.3. The van der Waals surface area contributed by atoms with E-state index < -0.39 is 6.04 Å². The average molecular weight is 349 g/mol. The molecule has 7 heteroatoms. The number of hydrogen-bond donors (Lipinski definition) is 1. The highest BCUT2D eigenvalue weighted by Gasteiger charge is 2.34. The average Bonchev–Trinajstić information content (AvgIpc) is 3.18. The summed E-state index contributed by atoms with van der Waals surface area (Å²) in [5.74, 6) is -0.357. The number of hydrogen-bond acceptors (Lipinski definition) is 6. The molecular weight excluding hydrogens is 326 g/mol. The molecule has 1 saturated heterocycles. The van der Waals surface area contributed by atoms with Crippen LogP contribution in [0.3, 0.4) is 0 Å². The number of nitrogens with zero attached hydrogens (tertiary/aromatic N) is 2. The maximum Gasteiger partial charge on any atom is 0.241 e. The number of ether oxygens (including phenoxy) is 2. The molecule has 0 spiro atoms. The van der Waals surface area contributed by atoms with Gasteiger partial charge < -0.3 is 15.2 Å². The van der Waals surface area contributed by atoms with Crippen LogP contribution in [0.5, 0.6) is 0 Å². The van der Waals surface area contributed by atoms with Gasteiger partial charge in [-0.2, -0.15) is 0 Å². The number of benzene rings is 1. The van der Waals surface area contributed by atoms with Crippen molar-refractivity contribution in [2.24, 2.45) is 5.73 Å². The Morgan fingerprint density at radius 2 is 2.29 bits per heavy atom. The van der Waals surface area contributed by atoms with Crippen molar-refractivity contribution in [1.82, 2.24) is 9.88 Å². The minimum atomic E-state index is -0.483. The van der Waals surface area contributed by atoms with Crippen LogP contribution in [0.15, 0.2) is 24.3 Å². The van der Waals surface area contributed by atoms with E-state index in [1.807, 2.05) is 31.2 Å². The number of rotatable bonds is 8. The summed E-state index contributed by atoms with van der Waals surface area (Å²) in [6.45, 7) is 5.31. The first-order valence-electron chi connectivity index (χ1n) is 8.27. The monoisotopic (exact) mass is 349 g/mol. The Morgan fingerprint density at radius 1 is 1.46 bits per heavy atom. The Balaban J connectivity index is 1.67. The fourth-order valence-electron chi connectivity index (χ4n) is 3.01. The lowest BCUT2D eigenvalue weighted by molar-refractivity contribution is -0.123. The van der Waals surface area contributed by atoms with E-state index in [4.69, 9.17) is 15.2 Å².